The minimum absolute atomic E-state index is 0.182. The van der Waals surface area contributed by atoms with E-state index in [0.717, 1.165) is 18.4 Å². The van der Waals surface area contributed by atoms with Gasteiger partial charge in [0.25, 0.3) is 0 Å². The minimum Gasteiger partial charge on any atom is -0.466 e. The van der Waals surface area contributed by atoms with Crippen LogP contribution in [0.4, 0.5) is 0 Å². The molecule has 1 aromatic rings. The topological polar surface area (TPSA) is 43.4 Å². The summed E-state index contributed by atoms with van der Waals surface area (Å²) in [6.45, 7) is 2.23. The van der Waals surface area contributed by atoms with Crippen LogP contribution in [0.25, 0.3) is 0 Å². The third-order valence-corrected chi connectivity index (χ3v) is 3.65. The van der Waals surface area contributed by atoms with Crippen LogP contribution in [0.1, 0.15) is 49.7 Å². The normalized spacial score (nSPS) is 16.4. The van der Waals surface area contributed by atoms with Crippen LogP contribution in [0, 0.1) is 0 Å². The summed E-state index contributed by atoms with van der Waals surface area (Å²) >= 11 is 0. The van der Waals surface area contributed by atoms with Crippen LogP contribution in [0.15, 0.2) is 24.3 Å². The first-order chi connectivity index (χ1) is 9.19. The van der Waals surface area contributed by atoms with E-state index >= 15 is 0 Å². The molecule has 0 aromatic heterocycles. The number of hydrogen-bond donors (Lipinski definition) is 0. The van der Waals surface area contributed by atoms with Crippen molar-refractivity contribution in [3.63, 3.8) is 0 Å². The van der Waals surface area contributed by atoms with E-state index in [1.54, 1.807) is 0 Å². The van der Waals surface area contributed by atoms with Crippen molar-refractivity contribution in [3.05, 3.63) is 35.4 Å². The largest absolute Gasteiger partial charge is 0.466 e. The Kier molecular flexibility index (Phi) is 4.72. The number of Topliss-reactive ketones (excluding diaryl/α,β-unsaturated/α-hetero) is 1. The zero-order chi connectivity index (χ0) is 13.7. The highest BCUT2D eigenvalue weighted by atomic mass is 16.5. The van der Waals surface area contributed by atoms with E-state index in [9.17, 15) is 9.59 Å². The molecule has 3 nitrogen and oxygen atoms in total. The molecule has 0 bridgehead atoms. The first kappa shape index (κ1) is 13.8. The number of hydrogen-bond acceptors (Lipinski definition) is 3. The van der Waals surface area contributed by atoms with Gasteiger partial charge in [-0.05, 0) is 36.8 Å². The summed E-state index contributed by atoms with van der Waals surface area (Å²) in [5.74, 6) is 0.697. The second-order valence-corrected chi connectivity index (χ2v) is 5.04. The van der Waals surface area contributed by atoms with Gasteiger partial charge in [0.05, 0.1) is 13.0 Å². The molecule has 3 heteroatoms. The molecule has 102 valence electrons. The van der Waals surface area contributed by atoms with Gasteiger partial charge in [-0.15, -0.1) is 0 Å². The van der Waals surface area contributed by atoms with Crippen molar-refractivity contribution in [2.75, 3.05) is 6.61 Å². The molecule has 1 fully saturated rings. The highest BCUT2D eigenvalue weighted by Gasteiger charge is 2.20. The molecule has 0 aliphatic heterocycles. The van der Waals surface area contributed by atoms with Crippen molar-refractivity contribution in [2.24, 2.45) is 0 Å². The maximum absolute atomic E-state index is 11.4. The lowest BCUT2D eigenvalue weighted by Crippen LogP contribution is -2.12. The summed E-state index contributed by atoms with van der Waals surface area (Å²) in [5.41, 5.74) is 2.26. The Morgan fingerprint density at radius 1 is 1.21 bits per heavy atom. The zero-order valence-corrected chi connectivity index (χ0v) is 11.4. The third-order valence-electron chi connectivity index (χ3n) is 3.65. The van der Waals surface area contributed by atoms with Crippen molar-refractivity contribution in [2.45, 2.75) is 44.9 Å². The first-order valence-electron chi connectivity index (χ1n) is 6.95. The predicted octanol–water partition coefficient (Wildman–Crippen LogP) is 3.02. The van der Waals surface area contributed by atoms with E-state index < -0.39 is 0 Å². The average molecular weight is 260 g/mol. The monoisotopic (exact) mass is 260 g/mol. The van der Waals surface area contributed by atoms with Gasteiger partial charge in [0.2, 0.25) is 0 Å². The van der Waals surface area contributed by atoms with E-state index in [0.29, 0.717) is 37.6 Å². The summed E-state index contributed by atoms with van der Waals surface area (Å²) in [6, 6.07) is 8.13. The Morgan fingerprint density at radius 2 is 1.84 bits per heavy atom. The number of ketones is 1. The molecule has 0 spiro atoms. The fourth-order valence-electron chi connectivity index (χ4n) is 2.56. The molecular formula is C16H20O3. The quantitative estimate of drug-likeness (QED) is 0.782. The van der Waals surface area contributed by atoms with E-state index in [1.807, 2.05) is 19.1 Å². The molecule has 0 atom stereocenters. The molecule has 19 heavy (non-hydrogen) atoms. The number of esters is 1. The molecule has 0 amide bonds. The minimum atomic E-state index is -0.182. The Balaban J connectivity index is 1.94. The van der Waals surface area contributed by atoms with Gasteiger partial charge in [0, 0.05) is 12.8 Å². The zero-order valence-electron chi connectivity index (χ0n) is 11.4. The molecule has 0 radical (unpaired) electrons. The Labute approximate surface area is 114 Å². The summed E-state index contributed by atoms with van der Waals surface area (Å²) in [7, 11) is 0. The lowest BCUT2D eigenvalue weighted by molar-refractivity contribution is -0.142. The number of ether oxygens (including phenoxy) is 1. The first-order valence-corrected chi connectivity index (χ1v) is 6.95. The van der Waals surface area contributed by atoms with Gasteiger partial charge < -0.3 is 4.74 Å². The molecule has 0 heterocycles. The highest BCUT2D eigenvalue weighted by molar-refractivity contribution is 5.79. The highest BCUT2D eigenvalue weighted by Crippen LogP contribution is 2.31. The van der Waals surface area contributed by atoms with Gasteiger partial charge in [-0.2, -0.15) is 0 Å². The summed E-state index contributed by atoms with van der Waals surface area (Å²) in [6.07, 6.45) is 3.65. The Bertz CT molecular complexity index is 438. The fraction of sp³-hybridized carbons (Fsp3) is 0.500. The van der Waals surface area contributed by atoms with Crippen molar-refractivity contribution < 1.29 is 14.3 Å². The summed E-state index contributed by atoms with van der Waals surface area (Å²) in [5, 5.41) is 0. The lowest BCUT2D eigenvalue weighted by Gasteiger charge is -2.21. The lowest BCUT2D eigenvalue weighted by atomic mass is 9.83. The third kappa shape index (κ3) is 3.91. The van der Waals surface area contributed by atoms with Crippen LogP contribution >= 0.6 is 0 Å². The van der Waals surface area contributed by atoms with Crippen LogP contribution in [-0.2, 0) is 20.7 Å². The molecule has 0 N–H and O–H groups in total. The van der Waals surface area contributed by atoms with Gasteiger partial charge in [-0.3, -0.25) is 9.59 Å². The molecule has 0 unspecified atom stereocenters. The van der Waals surface area contributed by atoms with Gasteiger partial charge in [-0.25, -0.2) is 0 Å². The number of carbonyl (C=O) groups is 2. The van der Waals surface area contributed by atoms with Crippen molar-refractivity contribution in [3.8, 4) is 0 Å². The van der Waals surface area contributed by atoms with Crippen LogP contribution in [0.2, 0.25) is 0 Å². The SMILES string of the molecule is CCOC(=O)Cc1ccc(C2CCC(=O)CC2)cc1. The standard InChI is InChI=1S/C16H20O3/c1-2-19-16(18)11-12-3-5-13(6-4-12)14-7-9-15(17)10-8-14/h3-6,14H,2,7-11H2,1H3. The summed E-state index contributed by atoms with van der Waals surface area (Å²) < 4.78 is 4.93. The van der Waals surface area contributed by atoms with E-state index in [-0.39, 0.29) is 5.97 Å². The van der Waals surface area contributed by atoms with E-state index in [1.165, 1.54) is 5.56 Å². The van der Waals surface area contributed by atoms with Gasteiger partial charge in [0.1, 0.15) is 5.78 Å². The molecule has 1 aliphatic rings. The molecular weight excluding hydrogens is 240 g/mol. The van der Waals surface area contributed by atoms with Gasteiger partial charge in [0.15, 0.2) is 0 Å². The van der Waals surface area contributed by atoms with Gasteiger partial charge >= 0.3 is 5.97 Å². The average Bonchev–Trinajstić information content (AvgIpc) is 2.41. The van der Waals surface area contributed by atoms with Crippen molar-refractivity contribution >= 4 is 11.8 Å². The van der Waals surface area contributed by atoms with Crippen LogP contribution in [-0.4, -0.2) is 18.4 Å². The second kappa shape index (κ2) is 6.50. The maximum atomic E-state index is 11.4. The number of benzene rings is 1. The van der Waals surface area contributed by atoms with Crippen LogP contribution in [0.3, 0.4) is 0 Å². The summed E-state index contributed by atoms with van der Waals surface area (Å²) in [4.78, 5) is 22.6. The van der Waals surface area contributed by atoms with Gasteiger partial charge in [-0.1, -0.05) is 24.3 Å². The smallest absolute Gasteiger partial charge is 0.310 e. The van der Waals surface area contributed by atoms with E-state index in [4.69, 9.17) is 4.74 Å². The Hall–Kier alpha value is -1.64. The molecule has 1 aliphatic carbocycles. The van der Waals surface area contributed by atoms with Crippen LogP contribution in [0.5, 0.6) is 0 Å². The molecule has 1 saturated carbocycles. The molecule has 0 saturated heterocycles. The fourth-order valence-corrected chi connectivity index (χ4v) is 2.56. The molecule has 1 aromatic carbocycles. The van der Waals surface area contributed by atoms with Crippen LogP contribution < -0.4 is 0 Å². The van der Waals surface area contributed by atoms with E-state index in [2.05, 4.69) is 12.1 Å². The van der Waals surface area contributed by atoms with Crippen molar-refractivity contribution in [1.82, 2.24) is 0 Å². The van der Waals surface area contributed by atoms with Crippen molar-refractivity contribution in [1.29, 1.82) is 0 Å². The second-order valence-electron chi connectivity index (χ2n) is 5.04. The number of carbonyl (C=O) groups excluding carboxylic acids is 2. The predicted molar refractivity (Wildman–Crippen MR) is 73.0 cm³/mol. The maximum Gasteiger partial charge on any atom is 0.310 e. The molecule has 2 rings (SSSR count). The Morgan fingerprint density at radius 3 is 2.42 bits per heavy atom. The number of rotatable bonds is 4.